The summed E-state index contributed by atoms with van der Waals surface area (Å²) in [5.74, 6) is 0.531. The minimum atomic E-state index is -0.0918. The molecule has 0 fully saturated rings. The van der Waals surface area contributed by atoms with Gasteiger partial charge >= 0.3 is 114 Å². The van der Waals surface area contributed by atoms with E-state index in [2.05, 4.69) is 24.7 Å². The number of allylic oxidation sites excluding steroid dienone is 4. The molecule has 1 unspecified atom stereocenters. The summed E-state index contributed by atoms with van der Waals surface area (Å²) >= 11 is 1.36. The van der Waals surface area contributed by atoms with E-state index in [9.17, 15) is 4.79 Å². The molecule has 0 radical (unpaired) electrons. The molecule has 90 valence electrons. The zero-order valence-corrected chi connectivity index (χ0v) is 13.7. The van der Waals surface area contributed by atoms with Crippen LogP contribution in [0.5, 0.6) is 0 Å². The zero-order chi connectivity index (χ0) is 12.1. The van der Waals surface area contributed by atoms with Crippen molar-refractivity contribution in [1.82, 2.24) is 0 Å². The number of ether oxygens (including phenoxy) is 1. The summed E-state index contributed by atoms with van der Waals surface area (Å²) in [6.45, 7) is 4.43. The molecule has 1 aliphatic rings. The van der Waals surface area contributed by atoms with E-state index in [1.807, 2.05) is 0 Å². The Hall–Kier alpha value is -0.154. The predicted octanol–water partition coefficient (Wildman–Crippen LogP) is 2.47. The molecular formula is C13H20O2Po. The molecule has 0 amide bonds. The molecule has 1 atom stereocenters. The molecule has 0 bridgehead atoms. The van der Waals surface area contributed by atoms with Crippen molar-refractivity contribution in [1.29, 1.82) is 0 Å². The standard InChI is InChI=1S/C13H19O2.Po.H/c1-10-7-11(2)9-12(8-10)5-4-6-13(14)15-3;;/h8,12H,4-6,9H2,1-3H3;;. The Morgan fingerprint density at radius 3 is 2.81 bits per heavy atom. The summed E-state index contributed by atoms with van der Waals surface area (Å²) in [6.07, 6.45) is 6.12. The predicted molar refractivity (Wildman–Crippen MR) is 67.6 cm³/mol. The number of hydrogen-bond donors (Lipinski definition) is 0. The Bertz CT molecular complexity index is 329. The molecule has 2 nitrogen and oxygen atoms in total. The second-order valence-electron chi connectivity index (χ2n) is 4.41. The summed E-state index contributed by atoms with van der Waals surface area (Å²) in [7, 11) is 1.45. The van der Waals surface area contributed by atoms with Gasteiger partial charge in [-0.25, -0.2) is 0 Å². The Kier molecular flexibility index (Phi) is 5.69. The van der Waals surface area contributed by atoms with E-state index < -0.39 is 0 Å². The van der Waals surface area contributed by atoms with Gasteiger partial charge < -0.3 is 0 Å². The van der Waals surface area contributed by atoms with Gasteiger partial charge in [-0.1, -0.05) is 0 Å². The number of carbonyl (C=O) groups excluding carboxylic acids is 1. The van der Waals surface area contributed by atoms with Crippen LogP contribution in [0.1, 0.15) is 39.5 Å². The van der Waals surface area contributed by atoms with Gasteiger partial charge in [-0.05, 0) is 0 Å². The van der Waals surface area contributed by atoms with E-state index in [-0.39, 0.29) is 5.97 Å². The van der Waals surface area contributed by atoms with Crippen molar-refractivity contribution in [2.45, 2.75) is 39.5 Å². The Morgan fingerprint density at radius 1 is 1.56 bits per heavy atom. The van der Waals surface area contributed by atoms with Crippen molar-refractivity contribution < 1.29 is 9.53 Å². The van der Waals surface area contributed by atoms with Crippen LogP contribution < -0.4 is 0 Å². The van der Waals surface area contributed by atoms with Crippen molar-refractivity contribution in [3.05, 3.63) is 20.5 Å². The van der Waals surface area contributed by atoms with Crippen LogP contribution in [0, 0.1) is 5.92 Å². The molecule has 0 saturated carbocycles. The molecule has 16 heavy (non-hydrogen) atoms. The number of hydrogen-bond acceptors (Lipinski definition) is 2. The fraction of sp³-hybridized carbons (Fsp3) is 0.615. The third-order valence-electron chi connectivity index (χ3n) is 3.02. The van der Waals surface area contributed by atoms with E-state index >= 15 is 0 Å². The van der Waals surface area contributed by atoms with Crippen molar-refractivity contribution >= 4 is 31.0 Å². The van der Waals surface area contributed by atoms with Crippen molar-refractivity contribution in [2.75, 3.05) is 7.11 Å². The average molecular weight is 417 g/mol. The maximum absolute atomic E-state index is 11.0. The first-order valence-corrected chi connectivity index (χ1v) is 7.42. The molecule has 0 aromatic rings. The van der Waals surface area contributed by atoms with E-state index in [0.29, 0.717) is 12.3 Å². The maximum atomic E-state index is 11.0. The molecule has 1 aliphatic carbocycles. The molecule has 0 aromatic heterocycles. The van der Waals surface area contributed by atoms with Crippen LogP contribution in [0.15, 0.2) is 20.5 Å². The van der Waals surface area contributed by atoms with Crippen LogP contribution in [-0.4, -0.2) is 38.1 Å². The second-order valence-corrected chi connectivity index (χ2v) is 6.15. The van der Waals surface area contributed by atoms with Gasteiger partial charge in [0, 0.05) is 0 Å². The third kappa shape index (κ3) is 4.02. The van der Waals surface area contributed by atoms with Gasteiger partial charge in [-0.3, -0.25) is 0 Å². The van der Waals surface area contributed by atoms with E-state index in [0.717, 1.165) is 12.8 Å². The first-order chi connectivity index (χ1) is 7.54. The molecule has 0 spiro atoms. The van der Waals surface area contributed by atoms with Crippen LogP contribution >= 0.6 is 0 Å². The first-order valence-electron chi connectivity index (χ1n) is 5.69. The van der Waals surface area contributed by atoms with E-state index in [4.69, 9.17) is 0 Å². The summed E-state index contributed by atoms with van der Waals surface area (Å²) < 4.78 is 6.19. The van der Waals surface area contributed by atoms with Gasteiger partial charge in [0.2, 0.25) is 0 Å². The molecule has 1 rings (SSSR count). The average Bonchev–Trinajstić information content (AvgIpc) is 2.25. The molecule has 3 heteroatoms. The van der Waals surface area contributed by atoms with Crippen LogP contribution in [0.4, 0.5) is 0 Å². The number of carbonyl (C=O) groups is 1. The monoisotopic (exact) mass is 417 g/mol. The van der Waals surface area contributed by atoms with Crippen LogP contribution in [0.2, 0.25) is 0 Å². The molecular weight excluding hydrogens is 397 g/mol. The van der Waals surface area contributed by atoms with Gasteiger partial charge in [0.15, 0.2) is 0 Å². The first kappa shape index (κ1) is 13.9. The van der Waals surface area contributed by atoms with Gasteiger partial charge in [0.25, 0.3) is 0 Å². The molecule has 0 N–H and O–H groups in total. The second kappa shape index (κ2) is 6.55. The summed E-state index contributed by atoms with van der Waals surface area (Å²) in [6, 6.07) is 0. The normalized spacial score (nSPS) is 20.8. The summed E-state index contributed by atoms with van der Waals surface area (Å²) in [5.41, 5.74) is 2.98. The van der Waals surface area contributed by atoms with Gasteiger partial charge in [-0.2, -0.15) is 0 Å². The molecule has 0 aliphatic heterocycles. The number of methoxy groups -OCH3 is 1. The van der Waals surface area contributed by atoms with Crippen molar-refractivity contribution in [3.63, 3.8) is 0 Å². The van der Waals surface area contributed by atoms with Crippen molar-refractivity contribution in [3.8, 4) is 0 Å². The fourth-order valence-corrected chi connectivity index (χ4v) is 2.76. The zero-order valence-electron chi connectivity index (χ0n) is 10.2. The minimum absolute atomic E-state index is 0.0918. The quantitative estimate of drug-likeness (QED) is 0.658. The Morgan fingerprint density at radius 2 is 2.25 bits per heavy atom. The molecule has 0 heterocycles. The van der Waals surface area contributed by atoms with Gasteiger partial charge in [0.1, 0.15) is 0 Å². The van der Waals surface area contributed by atoms with Gasteiger partial charge in [0.05, 0.1) is 0 Å². The SMILES string of the molecule is COC(=O)CCCC1C=C(C)[C]([PoH])=C(C)C1. The van der Waals surface area contributed by atoms with E-state index in [1.165, 1.54) is 49.7 Å². The van der Waals surface area contributed by atoms with Crippen molar-refractivity contribution in [2.24, 2.45) is 5.92 Å². The fourth-order valence-electron chi connectivity index (χ4n) is 2.11. The Labute approximate surface area is 113 Å². The van der Waals surface area contributed by atoms with Crippen LogP contribution in [0.3, 0.4) is 0 Å². The summed E-state index contributed by atoms with van der Waals surface area (Å²) in [4.78, 5) is 11.0. The van der Waals surface area contributed by atoms with Crippen LogP contribution in [0.25, 0.3) is 0 Å². The Balaban J connectivity index is 2.39. The molecule has 0 aromatic carbocycles. The number of rotatable bonds is 4. The molecule has 0 saturated heterocycles. The van der Waals surface area contributed by atoms with Crippen LogP contribution in [-0.2, 0) is 9.53 Å². The van der Waals surface area contributed by atoms with E-state index in [1.54, 1.807) is 3.23 Å². The number of esters is 1. The third-order valence-corrected chi connectivity index (χ3v) is 5.87. The van der Waals surface area contributed by atoms with Gasteiger partial charge in [-0.15, -0.1) is 0 Å². The summed E-state index contributed by atoms with van der Waals surface area (Å²) in [5, 5.41) is 0. The topological polar surface area (TPSA) is 26.3 Å².